The largest absolute Gasteiger partial charge is 0.462 e. The van der Waals surface area contributed by atoms with Crippen LogP contribution < -0.4 is 5.32 Å². The number of fused-ring (bicyclic) bond motifs is 1. The van der Waals surface area contributed by atoms with Crippen LogP contribution in [0.25, 0.3) is 10.9 Å². The third-order valence-electron chi connectivity index (χ3n) is 3.67. The van der Waals surface area contributed by atoms with Gasteiger partial charge in [-0.25, -0.2) is 4.79 Å². The van der Waals surface area contributed by atoms with Crippen molar-refractivity contribution in [2.24, 2.45) is 0 Å². The number of hydrogen-bond donors (Lipinski definition) is 1. The number of aryl methyl sites for hydroxylation is 1. The number of hydrogen-bond acceptors (Lipinski definition) is 4. The highest BCUT2D eigenvalue weighted by molar-refractivity contribution is 6.32. The van der Waals surface area contributed by atoms with Crippen molar-refractivity contribution in [2.75, 3.05) is 11.9 Å². The molecule has 3 aromatic rings. The maximum absolute atomic E-state index is 11.9. The molecule has 1 aromatic heterocycles. The number of ether oxygens (including phenoxy) is 1. The van der Waals surface area contributed by atoms with E-state index in [9.17, 15) is 4.79 Å². The second-order valence-corrected chi connectivity index (χ2v) is 5.81. The monoisotopic (exact) mass is 340 g/mol. The number of rotatable bonds is 4. The summed E-state index contributed by atoms with van der Waals surface area (Å²) in [6.45, 7) is 4.10. The lowest BCUT2D eigenvalue weighted by atomic mass is 10.1. The molecule has 24 heavy (non-hydrogen) atoms. The number of carbonyl (C=O) groups is 1. The van der Waals surface area contributed by atoms with E-state index in [0.717, 1.165) is 27.8 Å². The summed E-state index contributed by atoms with van der Waals surface area (Å²) in [6, 6.07) is 13.0. The molecule has 0 aliphatic heterocycles. The second-order valence-electron chi connectivity index (χ2n) is 5.40. The summed E-state index contributed by atoms with van der Waals surface area (Å²) in [4.78, 5) is 16.2. The van der Waals surface area contributed by atoms with Crippen LogP contribution in [0.5, 0.6) is 0 Å². The normalized spacial score (nSPS) is 10.6. The Balaban J connectivity index is 1.97. The predicted octanol–water partition coefficient (Wildman–Crippen LogP) is 5.12. The minimum absolute atomic E-state index is 0.330. The molecule has 0 unspecified atom stereocenters. The number of anilines is 2. The molecule has 0 fully saturated rings. The fraction of sp³-hybridized carbons (Fsp3) is 0.158. The molecule has 1 heterocycles. The quantitative estimate of drug-likeness (QED) is 0.670. The van der Waals surface area contributed by atoms with E-state index in [-0.39, 0.29) is 5.97 Å². The lowest BCUT2D eigenvalue weighted by Gasteiger charge is -2.11. The Morgan fingerprint density at radius 1 is 1.25 bits per heavy atom. The summed E-state index contributed by atoms with van der Waals surface area (Å²) in [5.74, 6) is -0.330. The molecule has 0 radical (unpaired) electrons. The van der Waals surface area contributed by atoms with E-state index in [1.54, 1.807) is 25.3 Å². The second kappa shape index (κ2) is 6.89. The molecule has 0 amide bonds. The van der Waals surface area contributed by atoms with Gasteiger partial charge in [-0.2, -0.15) is 0 Å². The molecule has 3 rings (SSSR count). The highest BCUT2D eigenvalue weighted by Gasteiger charge is 2.09. The molecule has 4 nitrogen and oxygen atoms in total. The molecule has 122 valence electrons. The first-order valence-corrected chi connectivity index (χ1v) is 8.05. The van der Waals surface area contributed by atoms with E-state index in [1.165, 1.54) is 0 Å². The minimum atomic E-state index is -0.330. The van der Waals surface area contributed by atoms with Gasteiger partial charge in [-0.1, -0.05) is 17.7 Å². The smallest absolute Gasteiger partial charge is 0.338 e. The number of esters is 1. The summed E-state index contributed by atoms with van der Waals surface area (Å²) in [6.07, 6.45) is 1.73. The Bertz CT molecular complexity index is 909. The fourth-order valence-corrected chi connectivity index (χ4v) is 2.64. The van der Waals surface area contributed by atoms with E-state index < -0.39 is 0 Å². The number of aromatic nitrogens is 1. The molecule has 0 spiro atoms. The van der Waals surface area contributed by atoms with Gasteiger partial charge in [-0.3, -0.25) is 4.98 Å². The van der Waals surface area contributed by atoms with Gasteiger partial charge in [0.2, 0.25) is 0 Å². The Hall–Kier alpha value is -2.59. The van der Waals surface area contributed by atoms with Crippen LogP contribution >= 0.6 is 11.6 Å². The van der Waals surface area contributed by atoms with Gasteiger partial charge >= 0.3 is 5.97 Å². The first-order valence-electron chi connectivity index (χ1n) is 7.67. The molecule has 0 saturated carbocycles. The molecule has 2 aromatic carbocycles. The lowest BCUT2D eigenvalue weighted by molar-refractivity contribution is 0.0526. The minimum Gasteiger partial charge on any atom is -0.462 e. The Morgan fingerprint density at radius 2 is 2.08 bits per heavy atom. The maximum atomic E-state index is 11.9. The van der Waals surface area contributed by atoms with E-state index in [4.69, 9.17) is 16.3 Å². The van der Waals surface area contributed by atoms with Crippen LogP contribution in [0.3, 0.4) is 0 Å². The zero-order chi connectivity index (χ0) is 17.1. The van der Waals surface area contributed by atoms with Gasteiger partial charge in [0.05, 0.1) is 17.7 Å². The van der Waals surface area contributed by atoms with Crippen molar-refractivity contribution >= 4 is 39.8 Å². The molecule has 0 atom stereocenters. The number of nitrogens with one attached hydrogen (secondary N) is 1. The van der Waals surface area contributed by atoms with E-state index in [0.29, 0.717) is 17.2 Å². The van der Waals surface area contributed by atoms with Crippen LogP contribution in [0, 0.1) is 6.92 Å². The van der Waals surface area contributed by atoms with Gasteiger partial charge in [0.15, 0.2) is 0 Å². The number of pyridine rings is 1. The van der Waals surface area contributed by atoms with Crippen molar-refractivity contribution in [1.29, 1.82) is 0 Å². The van der Waals surface area contributed by atoms with Crippen molar-refractivity contribution in [3.05, 3.63) is 64.8 Å². The van der Waals surface area contributed by atoms with Crippen LogP contribution in [0.4, 0.5) is 11.4 Å². The third kappa shape index (κ3) is 3.34. The third-order valence-corrected chi connectivity index (χ3v) is 4.08. The Kier molecular flexibility index (Phi) is 4.67. The number of nitrogens with zero attached hydrogens (tertiary/aromatic N) is 1. The Morgan fingerprint density at radius 3 is 2.88 bits per heavy atom. The average molecular weight is 341 g/mol. The fourth-order valence-electron chi connectivity index (χ4n) is 2.48. The molecule has 5 heteroatoms. The van der Waals surface area contributed by atoms with Crippen molar-refractivity contribution in [3.8, 4) is 0 Å². The van der Waals surface area contributed by atoms with Crippen LogP contribution in [0.15, 0.2) is 48.7 Å². The van der Waals surface area contributed by atoms with Crippen LogP contribution in [0.1, 0.15) is 22.8 Å². The van der Waals surface area contributed by atoms with Crippen LogP contribution in [-0.2, 0) is 4.74 Å². The molecule has 1 N–H and O–H groups in total. The molecule has 0 aliphatic rings. The van der Waals surface area contributed by atoms with E-state index >= 15 is 0 Å². The van der Waals surface area contributed by atoms with Crippen molar-refractivity contribution in [3.63, 3.8) is 0 Å². The molecule has 0 aliphatic carbocycles. The van der Waals surface area contributed by atoms with E-state index in [1.807, 2.05) is 37.3 Å². The van der Waals surface area contributed by atoms with Crippen LogP contribution in [0.2, 0.25) is 5.02 Å². The van der Waals surface area contributed by atoms with Crippen molar-refractivity contribution < 1.29 is 9.53 Å². The zero-order valence-electron chi connectivity index (χ0n) is 13.5. The van der Waals surface area contributed by atoms with E-state index in [2.05, 4.69) is 10.3 Å². The summed E-state index contributed by atoms with van der Waals surface area (Å²) >= 11 is 6.17. The zero-order valence-corrected chi connectivity index (χ0v) is 14.2. The average Bonchev–Trinajstić information content (AvgIpc) is 2.57. The first-order chi connectivity index (χ1) is 11.6. The number of carbonyl (C=O) groups excluding carboxylic acids is 1. The Labute approximate surface area is 145 Å². The van der Waals surface area contributed by atoms with Gasteiger partial charge in [-0.05, 0) is 55.8 Å². The first kappa shape index (κ1) is 16.3. The standard InChI is InChI=1S/C19H17ClN2O2/c1-3-24-19(23)13-5-4-6-14(10-13)22-17-7-8-21-18-11-16(20)12(2)9-15(17)18/h4-11H,3H2,1-2H3,(H,21,22). The SMILES string of the molecule is CCOC(=O)c1cccc(Nc2ccnc3cc(Cl)c(C)cc23)c1. The summed E-state index contributed by atoms with van der Waals surface area (Å²) in [5, 5.41) is 5.00. The predicted molar refractivity (Wildman–Crippen MR) is 97.2 cm³/mol. The lowest BCUT2D eigenvalue weighted by Crippen LogP contribution is -2.05. The molecule has 0 saturated heterocycles. The molecular formula is C19H17ClN2O2. The topological polar surface area (TPSA) is 51.2 Å². The number of halogens is 1. The van der Waals surface area contributed by atoms with Gasteiger partial charge in [0, 0.05) is 28.0 Å². The number of benzene rings is 2. The summed E-state index contributed by atoms with van der Waals surface area (Å²) in [5.41, 5.74) is 4.03. The van der Waals surface area contributed by atoms with Gasteiger partial charge < -0.3 is 10.1 Å². The molecular weight excluding hydrogens is 324 g/mol. The van der Waals surface area contributed by atoms with Gasteiger partial charge in [0.1, 0.15) is 0 Å². The summed E-state index contributed by atoms with van der Waals surface area (Å²) < 4.78 is 5.04. The highest BCUT2D eigenvalue weighted by atomic mass is 35.5. The van der Waals surface area contributed by atoms with Gasteiger partial charge in [0.25, 0.3) is 0 Å². The highest BCUT2D eigenvalue weighted by Crippen LogP contribution is 2.29. The maximum Gasteiger partial charge on any atom is 0.338 e. The van der Waals surface area contributed by atoms with Crippen LogP contribution in [-0.4, -0.2) is 17.6 Å². The van der Waals surface area contributed by atoms with Crippen molar-refractivity contribution in [1.82, 2.24) is 4.98 Å². The van der Waals surface area contributed by atoms with Gasteiger partial charge in [-0.15, -0.1) is 0 Å². The summed E-state index contributed by atoms with van der Waals surface area (Å²) in [7, 11) is 0. The van der Waals surface area contributed by atoms with Crippen molar-refractivity contribution in [2.45, 2.75) is 13.8 Å². The molecule has 0 bridgehead atoms.